The van der Waals surface area contributed by atoms with E-state index in [0.717, 1.165) is 21.6 Å². The summed E-state index contributed by atoms with van der Waals surface area (Å²) in [4.78, 5) is 9.11. The summed E-state index contributed by atoms with van der Waals surface area (Å²) in [7, 11) is 0. The molecule has 3 nitrogen and oxygen atoms in total. The number of nitrogens with two attached hydrogens (primary N) is 1. The fourth-order valence-corrected chi connectivity index (χ4v) is 1.90. The molecule has 0 bridgehead atoms. The van der Waals surface area contributed by atoms with Crippen LogP contribution in [0, 0.1) is 6.92 Å². The first-order valence-electron chi connectivity index (χ1n) is 3.23. The summed E-state index contributed by atoms with van der Waals surface area (Å²) < 4.78 is 0. The zero-order chi connectivity index (χ0) is 7.84. The van der Waals surface area contributed by atoms with Gasteiger partial charge in [-0.1, -0.05) is 0 Å². The van der Waals surface area contributed by atoms with E-state index in [4.69, 9.17) is 5.73 Å². The number of fused-ring (bicyclic) bond motifs is 1. The summed E-state index contributed by atoms with van der Waals surface area (Å²) in [6.45, 7) is 1.94. The van der Waals surface area contributed by atoms with E-state index < -0.39 is 0 Å². The third-order valence-corrected chi connectivity index (χ3v) is 2.49. The quantitative estimate of drug-likeness (QED) is 0.644. The van der Waals surface area contributed by atoms with Crippen LogP contribution in [0.3, 0.4) is 0 Å². The highest BCUT2D eigenvalue weighted by Crippen LogP contribution is 2.27. The Balaban J connectivity index is 2.96. The van der Waals surface area contributed by atoms with E-state index in [1.807, 2.05) is 12.3 Å². The van der Waals surface area contributed by atoms with Gasteiger partial charge in [-0.3, -0.25) is 0 Å². The minimum absolute atomic E-state index is 0.781. The summed E-state index contributed by atoms with van der Waals surface area (Å²) in [5.41, 5.74) is 7.44. The van der Waals surface area contributed by atoms with Crippen LogP contribution in [0.5, 0.6) is 0 Å². The number of nitrogen functional groups attached to an aromatic ring is 1. The molecule has 0 fully saturated rings. The third-order valence-electron chi connectivity index (χ3n) is 1.59. The number of hydrogen-bond acceptors (Lipinski definition) is 4. The predicted octanol–water partition coefficient (Wildman–Crippen LogP) is 1.58. The minimum atomic E-state index is 0.781. The van der Waals surface area contributed by atoms with Crippen LogP contribution in [0.25, 0.3) is 10.2 Å². The van der Waals surface area contributed by atoms with Crippen LogP contribution in [0.15, 0.2) is 11.7 Å². The zero-order valence-electron chi connectivity index (χ0n) is 6.03. The van der Waals surface area contributed by atoms with Gasteiger partial charge in [-0.25, -0.2) is 9.97 Å². The van der Waals surface area contributed by atoms with Crippen LogP contribution in [0.2, 0.25) is 0 Å². The Morgan fingerprint density at radius 1 is 1.45 bits per heavy atom. The first-order chi connectivity index (χ1) is 5.29. The molecule has 11 heavy (non-hydrogen) atoms. The molecule has 2 heterocycles. The maximum Gasteiger partial charge on any atom is 0.129 e. The standard InChI is InChI=1S/C7H7N3S/c1-4-6-5(8)2-11-7(6)10-3-9-4/h2-3H,8H2,1H3. The van der Waals surface area contributed by atoms with Crippen LogP contribution in [-0.4, -0.2) is 9.97 Å². The molecule has 2 rings (SSSR count). The lowest BCUT2D eigenvalue weighted by atomic mass is 10.3. The lowest BCUT2D eigenvalue weighted by Crippen LogP contribution is -1.87. The molecule has 2 aromatic heterocycles. The Hall–Kier alpha value is -1.16. The first kappa shape index (κ1) is 6.54. The number of rotatable bonds is 0. The van der Waals surface area contributed by atoms with Crippen LogP contribution in [-0.2, 0) is 0 Å². The van der Waals surface area contributed by atoms with Gasteiger partial charge in [0.1, 0.15) is 11.2 Å². The van der Waals surface area contributed by atoms with Crippen LogP contribution in [0.1, 0.15) is 5.69 Å². The van der Waals surface area contributed by atoms with Gasteiger partial charge in [-0.15, -0.1) is 11.3 Å². The van der Waals surface area contributed by atoms with Gasteiger partial charge in [0.15, 0.2) is 0 Å². The maximum atomic E-state index is 5.71. The smallest absolute Gasteiger partial charge is 0.129 e. The van der Waals surface area contributed by atoms with E-state index in [1.165, 1.54) is 0 Å². The second-order valence-corrected chi connectivity index (χ2v) is 3.19. The second kappa shape index (κ2) is 2.17. The molecule has 0 amide bonds. The Labute approximate surface area is 67.9 Å². The number of anilines is 1. The van der Waals surface area contributed by atoms with Crippen molar-refractivity contribution in [3.63, 3.8) is 0 Å². The first-order valence-corrected chi connectivity index (χ1v) is 4.11. The molecule has 0 aliphatic carbocycles. The van der Waals surface area contributed by atoms with Crippen molar-refractivity contribution in [2.75, 3.05) is 5.73 Å². The van der Waals surface area contributed by atoms with Crippen LogP contribution in [0.4, 0.5) is 5.69 Å². The normalized spacial score (nSPS) is 10.6. The molecule has 0 atom stereocenters. The summed E-state index contributed by atoms with van der Waals surface area (Å²) >= 11 is 1.55. The van der Waals surface area contributed by atoms with Crippen molar-refractivity contribution in [1.82, 2.24) is 9.97 Å². The fourth-order valence-electron chi connectivity index (χ4n) is 1.05. The molecule has 0 aliphatic heterocycles. The number of nitrogens with zero attached hydrogens (tertiary/aromatic N) is 2. The van der Waals surface area contributed by atoms with E-state index in [0.29, 0.717) is 0 Å². The Bertz CT molecular complexity index is 393. The predicted molar refractivity (Wildman–Crippen MR) is 46.6 cm³/mol. The van der Waals surface area contributed by atoms with Crippen LogP contribution >= 0.6 is 11.3 Å². The highest BCUT2D eigenvalue weighted by molar-refractivity contribution is 7.17. The van der Waals surface area contributed by atoms with Crippen molar-refractivity contribution in [1.29, 1.82) is 0 Å². The van der Waals surface area contributed by atoms with E-state index in [1.54, 1.807) is 17.7 Å². The molecule has 0 spiro atoms. The molecule has 0 radical (unpaired) electrons. The topological polar surface area (TPSA) is 51.8 Å². The molecule has 0 aliphatic rings. The molecule has 0 saturated carbocycles. The average molecular weight is 165 g/mol. The summed E-state index contributed by atoms with van der Waals surface area (Å²) in [5.74, 6) is 0. The van der Waals surface area contributed by atoms with Gasteiger partial charge in [0.2, 0.25) is 0 Å². The van der Waals surface area contributed by atoms with Crippen molar-refractivity contribution in [2.24, 2.45) is 0 Å². The highest BCUT2D eigenvalue weighted by atomic mass is 32.1. The molecule has 2 aromatic rings. The Morgan fingerprint density at radius 2 is 2.27 bits per heavy atom. The van der Waals surface area contributed by atoms with Gasteiger partial charge in [-0.05, 0) is 6.92 Å². The van der Waals surface area contributed by atoms with E-state index >= 15 is 0 Å². The van der Waals surface area contributed by atoms with E-state index in [9.17, 15) is 0 Å². The summed E-state index contributed by atoms with van der Waals surface area (Å²) in [5, 5.41) is 2.89. The van der Waals surface area contributed by atoms with Crippen LogP contribution < -0.4 is 5.73 Å². The fraction of sp³-hybridized carbons (Fsp3) is 0.143. The van der Waals surface area contributed by atoms with Gasteiger partial charge in [0, 0.05) is 5.38 Å². The summed E-state index contributed by atoms with van der Waals surface area (Å²) in [6, 6.07) is 0. The lowest BCUT2D eigenvalue weighted by molar-refractivity contribution is 1.16. The SMILES string of the molecule is Cc1ncnc2scc(N)c12. The molecular weight excluding hydrogens is 158 g/mol. The number of hydrogen-bond donors (Lipinski definition) is 1. The molecule has 0 unspecified atom stereocenters. The number of aromatic nitrogens is 2. The number of thiophene rings is 1. The van der Waals surface area contributed by atoms with Gasteiger partial charge in [-0.2, -0.15) is 0 Å². The molecule has 0 saturated heterocycles. The van der Waals surface area contributed by atoms with Gasteiger partial charge in [0.05, 0.1) is 16.8 Å². The Kier molecular flexibility index (Phi) is 1.29. The molecular formula is C7H7N3S. The van der Waals surface area contributed by atoms with Gasteiger partial charge >= 0.3 is 0 Å². The largest absolute Gasteiger partial charge is 0.397 e. The molecule has 0 aromatic carbocycles. The number of aryl methyl sites for hydroxylation is 1. The second-order valence-electron chi connectivity index (χ2n) is 2.33. The van der Waals surface area contributed by atoms with E-state index in [2.05, 4.69) is 9.97 Å². The monoisotopic (exact) mass is 165 g/mol. The van der Waals surface area contributed by atoms with E-state index in [-0.39, 0.29) is 0 Å². The maximum absolute atomic E-state index is 5.71. The summed E-state index contributed by atoms with van der Waals surface area (Å²) in [6.07, 6.45) is 1.56. The molecule has 2 N–H and O–H groups in total. The highest BCUT2D eigenvalue weighted by Gasteiger charge is 2.04. The van der Waals surface area contributed by atoms with Gasteiger partial charge in [0.25, 0.3) is 0 Å². The molecule has 56 valence electrons. The zero-order valence-corrected chi connectivity index (χ0v) is 6.85. The van der Waals surface area contributed by atoms with Gasteiger partial charge < -0.3 is 5.73 Å². The Morgan fingerprint density at radius 3 is 3.00 bits per heavy atom. The minimum Gasteiger partial charge on any atom is -0.397 e. The van der Waals surface area contributed by atoms with Crippen molar-refractivity contribution in [2.45, 2.75) is 6.92 Å². The lowest BCUT2D eigenvalue weighted by Gasteiger charge is -1.93. The van der Waals surface area contributed by atoms with Crippen molar-refractivity contribution < 1.29 is 0 Å². The third kappa shape index (κ3) is 0.867. The van der Waals surface area contributed by atoms with Crippen molar-refractivity contribution >= 4 is 27.2 Å². The molecule has 4 heteroatoms. The average Bonchev–Trinajstić information content (AvgIpc) is 2.34. The van der Waals surface area contributed by atoms with Crippen molar-refractivity contribution in [3.05, 3.63) is 17.4 Å². The van der Waals surface area contributed by atoms with Crippen molar-refractivity contribution in [3.8, 4) is 0 Å².